The van der Waals surface area contributed by atoms with E-state index in [1.54, 1.807) is 0 Å². The number of rotatable bonds is 10. The van der Waals surface area contributed by atoms with Gasteiger partial charge in [0.15, 0.2) is 8.07 Å². The van der Waals surface area contributed by atoms with Crippen molar-refractivity contribution in [3.05, 3.63) is 73.8 Å². The maximum atomic E-state index is 2.42. The second kappa shape index (κ2) is 19.6. The van der Waals surface area contributed by atoms with Crippen LogP contribution >= 0.6 is 0 Å². The molecule has 0 saturated carbocycles. The monoisotopic (exact) mass is 874 g/mol. The summed E-state index contributed by atoms with van der Waals surface area (Å²) in [6, 6.07) is 7.24. The molecule has 4 aromatic rings. The van der Waals surface area contributed by atoms with E-state index in [0.29, 0.717) is 0 Å². The Morgan fingerprint density at radius 1 is 0.393 bits per heavy atom. The van der Waals surface area contributed by atoms with Gasteiger partial charge in [0.05, 0.1) is 34.1 Å². The standard InChI is InChI=1S/C45H69N6Si.3ClH.Ti/c1-26-23-36(46(11)12)39(49(17)18)43(29(26)4)52(42-34(9)32(7)33(8)35(42)10,44-30(5)27(2)24-37(47(13)14)40(44)50(19)20)45-31(6)28(3)25-38(48(15)16)41(45)51(21)22;;;;/h23-25H,1-22H3;3*1H;/q-1;;;;+4/p-3. The van der Waals surface area contributed by atoms with E-state index in [0.717, 1.165) is 0 Å². The van der Waals surface area contributed by atoms with Gasteiger partial charge in [-0.1, -0.05) is 27.7 Å². The van der Waals surface area contributed by atoms with Crippen molar-refractivity contribution in [2.75, 3.05) is 114 Å². The summed E-state index contributed by atoms with van der Waals surface area (Å²) < 4.78 is 0. The summed E-state index contributed by atoms with van der Waals surface area (Å²) in [6.45, 7) is 23.7. The quantitative estimate of drug-likeness (QED) is 0.0975. The van der Waals surface area contributed by atoms with E-state index in [1.165, 1.54) is 111 Å². The van der Waals surface area contributed by atoms with Gasteiger partial charge < -0.3 is 66.6 Å². The van der Waals surface area contributed by atoms with E-state index in [1.807, 2.05) is 0 Å². The molecule has 0 aliphatic heterocycles. The van der Waals surface area contributed by atoms with Gasteiger partial charge in [0.2, 0.25) is 0 Å². The molecule has 308 valence electrons. The van der Waals surface area contributed by atoms with Gasteiger partial charge in [0.1, 0.15) is 0 Å². The molecule has 0 radical (unpaired) electrons. The third-order valence-electron chi connectivity index (χ3n) is 12.1. The van der Waals surface area contributed by atoms with Crippen LogP contribution in [0.15, 0.2) is 18.2 Å². The zero-order chi connectivity index (χ0) is 39.6. The third kappa shape index (κ3) is 8.38. The molecule has 6 nitrogen and oxygen atoms in total. The molecule has 0 aliphatic rings. The summed E-state index contributed by atoms with van der Waals surface area (Å²) in [4.78, 5) is 14.2. The molecule has 0 unspecified atom stereocenters. The number of hydrogen-bond acceptors (Lipinski definition) is 6. The van der Waals surface area contributed by atoms with Crippen LogP contribution in [0.4, 0.5) is 34.1 Å². The first-order valence-electron chi connectivity index (χ1n) is 18.7. The molecular formula is C45H69Cl3N6SiTi. The van der Waals surface area contributed by atoms with Crippen LogP contribution in [-0.2, 0) is 21.7 Å². The van der Waals surface area contributed by atoms with Crippen molar-refractivity contribution in [3.8, 4) is 0 Å². The summed E-state index contributed by atoms with van der Waals surface area (Å²) in [5.74, 6) is 0. The van der Waals surface area contributed by atoms with Gasteiger partial charge in [0.25, 0.3) is 0 Å². The molecule has 0 spiro atoms. The van der Waals surface area contributed by atoms with E-state index >= 15 is 0 Å². The summed E-state index contributed by atoms with van der Waals surface area (Å²) in [5.41, 5.74) is 21.5. The number of halogens is 3. The van der Waals surface area contributed by atoms with Gasteiger partial charge in [-0.25, -0.2) is 0 Å². The van der Waals surface area contributed by atoms with E-state index in [-0.39, 0.29) is 58.9 Å². The first kappa shape index (κ1) is 53.6. The van der Waals surface area contributed by atoms with Crippen molar-refractivity contribution in [1.82, 2.24) is 0 Å². The fourth-order valence-corrected chi connectivity index (χ4v) is 16.3. The molecule has 0 saturated heterocycles. The summed E-state index contributed by atoms with van der Waals surface area (Å²) in [6.07, 6.45) is 0. The molecule has 0 fully saturated rings. The van der Waals surface area contributed by atoms with Gasteiger partial charge in [-0.05, 0) is 109 Å². The number of nitrogens with zero attached hydrogens (tertiary/aromatic N) is 6. The molecule has 0 aliphatic carbocycles. The maximum absolute atomic E-state index is 3.39. The number of aryl methyl sites for hydroxylation is 3. The Kier molecular flexibility index (Phi) is 18.7. The Hall–Kier alpha value is -2.39. The Morgan fingerprint density at radius 2 is 0.643 bits per heavy atom. The van der Waals surface area contributed by atoms with Crippen LogP contribution in [0, 0.1) is 69.2 Å². The largest absolute Gasteiger partial charge is 4.00 e. The minimum Gasteiger partial charge on any atom is -1.00 e. The SMILES string of the molecule is Cc1cc(N(C)C)c(N(C)C)c([Si](c2c(C)c(C)cc(N(C)C)c2N(C)C)(c2c(C)c(C)cc(N(C)C)c2N(C)C)c2c(C)c(C)c(C)[c-]2C)c1C.[Cl-].[Cl-].[Cl-].[Ti+4]. The molecular weight excluding hydrogens is 807 g/mol. The second-order valence-corrected chi connectivity index (χ2v) is 20.2. The van der Waals surface area contributed by atoms with Crippen molar-refractivity contribution in [2.24, 2.45) is 0 Å². The molecule has 0 bridgehead atoms. The molecule has 11 heteroatoms. The van der Waals surface area contributed by atoms with E-state index in [2.05, 4.69) is 201 Å². The maximum Gasteiger partial charge on any atom is 4.00 e. The van der Waals surface area contributed by atoms with Crippen LogP contribution in [-0.4, -0.2) is 92.6 Å². The fraction of sp³-hybridized carbons (Fsp3) is 0.489. The molecule has 4 aromatic carbocycles. The van der Waals surface area contributed by atoms with Gasteiger partial charge >= 0.3 is 21.7 Å². The van der Waals surface area contributed by atoms with Crippen molar-refractivity contribution >= 4 is 62.9 Å². The summed E-state index contributed by atoms with van der Waals surface area (Å²) in [7, 11) is 23.4. The molecule has 4 rings (SSSR count). The van der Waals surface area contributed by atoms with Gasteiger partial charge in [-0.15, -0.1) is 0 Å². The number of anilines is 6. The van der Waals surface area contributed by atoms with Crippen molar-refractivity contribution in [2.45, 2.75) is 69.2 Å². The van der Waals surface area contributed by atoms with Crippen molar-refractivity contribution in [1.29, 1.82) is 0 Å². The fourth-order valence-electron chi connectivity index (χ4n) is 8.94. The third-order valence-corrected chi connectivity index (χ3v) is 17.7. The smallest absolute Gasteiger partial charge is 1.00 e. The van der Waals surface area contributed by atoms with E-state index < -0.39 is 8.07 Å². The molecule has 0 amide bonds. The minimum atomic E-state index is -3.39. The normalized spacial score (nSPS) is 10.8. The first-order valence-corrected chi connectivity index (χ1v) is 20.7. The predicted octanol–water partition coefficient (Wildman–Crippen LogP) is -2.73. The van der Waals surface area contributed by atoms with Crippen LogP contribution < -0.4 is 87.4 Å². The Morgan fingerprint density at radius 3 is 0.821 bits per heavy atom. The Labute approximate surface area is 376 Å². The van der Waals surface area contributed by atoms with E-state index in [9.17, 15) is 0 Å². The summed E-state index contributed by atoms with van der Waals surface area (Å²) >= 11 is 0. The number of benzene rings is 3. The topological polar surface area (TPSA) is 19.4 Å². The Bertz CT molecular complexity index is 1820. The average Bonchev–Trinajstić information content (AvgIpc) is 3.23. The zero-order valence-corrected chi connectivity index (χ0v) is 43.4. The van der Waals surface area contributed by atoms with Crippen molar-refractivity contribution < 1.29 is 58.9 Å². The van der Waals surface area contributed by atoms with Crippen LogP contribution in [0.5, 0.6) is 0 Å². The van der Waals surface area contributed by atoms with E-state index in [4.69, 9.17) is 0 Å². The molecule has 0 atom stereocenters. The van der Waals surface area contributed by atoms with Gasteiger partial charge in [-0.2, -0.15) is 27.4 Å². The summed E-state index contributed by atoms with van der Waals surface area (Å²) in [5, 5.41) is 5.99. The number of hydrogen-bond donors (Lipinski definition) is 0. The predicted molar refractivity (Wildman–Crippen MR) is 239 cm³/mol. The second-order valence-electron chi connectivity index (χ2n) is 16.7. The van der Waals surface area contributed by atoms with Crippen LogP contribution in [0.25, 0.3) is 0 Å². The van der Waals surface area contributed by atoms with Gasteiger partial charge in [0, 0.05) is 84.6 Å². The molecule has 0 aromatic heterocycles. The molecule has 0 heterocycles. The van der Waals surface area contributed by atoms with Gasteiger partial charge in [-0.3, -0.25) is 0 Å². The Balaban J connectivity index is 0.00000756. The molecule has 0 N–H and O–H groups in total. The zero-order valence-electron chi connectivity index (χ0n) is 38.5. The van der Waals surface area contributed by atoms with Crippen molar-refractivity contribution in [3.63, 3.8) is 0 Å². The molecule has 56 heavy (non-hydrogen) atoms. The van der Waals surface area contributed by atoms with Crippen LogP contribution in [0.2, 0.25) is 0 Å². The first-order chi connectivity index (χ1) is 24.0. The minimum absolute atomic E-state index is 0. The van der Waals surface area contributed by atoms with Crippen LogP contribution in [0.1, 0.15) is 55.6 Å². The average molecular weight is 876 g/mol. The van der Waals surface area contributed by atoms with Crippen LogP contribution in [0.3, 0.4) is 0 Å².